The summed E-state index contributed by atoms with van der Waals surface area (Å²) < 4.78 is 16.6. The van der Waals surface area contributed by atoms with Gasteiger partial charge in [0.25, 0.3) is 5.56 Å². The molecular formula is C13H16FN3O. The highest BCUT2D eigenvalue weighted by molar-refractivity contribution is 5.47. The van der Waals surface area contributed by atoms with Crippen molar-refractivity contribution in [3.63, 3.8) is 0 Å². The van der Waals surface area contributed by atoms with Crippen LogP contribution in [0.4, 0.5) is 10.1 Å². The average molecular weight is 249 g/mol. The first-order chi connectivity index (χ1) is 8.45. The topological polar surface area (TPSA) is 53.0 Å². The molecule has 0 spiro atoms. The van der Waals surface area contributed by atoms with Crippen LogP contribution < -0.4 is 11.3 Å². The Labute approximate surface area is 104 Å². The zero-order chi connectivity index (χ0) is 13.4. The molecule has 0 aliphatic rings. The largest absolute Gasteiger partial charge is 0.393 e. The van der Waals surface area contributed by atoms with Crippen LogP contribution in [-0.2, 0) is 7.05 Å². The van der Waals surface area contributed by atoms with Gasteiger partial charge in [0.2, 0.25) is 0 Å². The van der Waals surface area contributed by atoms with E-state index in [0.717, 1.165) is 0 Å². The third kappa shape index (κ3) is 1.72. The lowest BCUT2D eigenvalue weighted by molar-refractivity contribution is 0.555. The molecule has 1 aromatic heterocycles. The number of benzene rings is 1. The minimum Gasteiger partial charge on any atom is -0.393 e. The molecule has 1 heterocycles. The monoisotopic (exact) mass is 249 g/mol. The predicted molar refractivity (Wildman–Crippen MR) is 69.5 cm³/mol. The summed E-state index contributed by atoms with van der Waals surface area (Å²) in [4.78, 5) is 12.1. The van der Waals surface area contributed by atoms with Gasteiger partial charge in [-0.1, -0.05) is 26.0 Å². The second-order valence-corrected chi connectivity index (χ2v) is 4.55. The molecule has 0 unspecified atom stereocenters. The number of hydrogen-bond acceptors (Lipinski definition) is 2. The van der Waals surface area contributed by atoms with Crippen LogP contribution in [0.2, 0.25) is 0 Å². The first kappa shape index (κ1) is 12.4. The van der Waals surface area contributed by atoms with Crippen LogP contribution in [0.25, 0.3) is 5.69 Å². The van der Waals surface area contributed by atoms with Gasteiger partial charge >= 0.3 is 0 Å². The van der Waals surface area contributed by atoms with Crippen molar-refractivity contribution in [3.05, 3.63) is 46.1 Å². The SMILES string of the molecule is CC(C)c1c(N)c(=O)n(-c2ccccc2F)n1C. The van der Waals surface area contributed by atoms with E-state index in [-0.39, 0.29) is 22.9 Å². The summed E-state index contributed by atoms with van der Waals surface area (Å²) in [5, 5.41) is 0. The molecule has 2 aromatic rings. The molecule has 1 aromatic carbocycles. The summed E-state index contributed by atoms with van der Waals surface area (Å²) in [6, 6.07) is 6.14. The molecule has 0 bridgehead atoms. The van der Waals surface area contributed by atoms with Gasteiger partial charge in [0.15, 0.2) is 0 Å². The third-order valence-electron chi connectivity index (χ3n) is 2.97. The molecule has 96 valence electrons. The smallest absolute Gasteiger partial charge is 0.294 e. The normalized spacial score (nSPS) is 11.2. The van der Waals surface area contributed by atoms with Gasteiger partial charge in [-0.05, 0) is 18.1 Å². The molecular weight excluding hydrogens is 233 g/mol. The maximum atomic E-state index is 13.8. The van der Waals surface area contributed by atoms with Crippen LogP contribution in [-0.4, -0.2) is 9.36 Å². The van der Waals surface area contributed by atoms with E-state index >= 15 is 0 Å². The Kier molecular flexibility index (Phi) is 2.98. The molecule has 5 heteroatoms. The van der Waals surface area contributed by atoms with Crippen LogP contribution >= 0.6 is 0 Å². The van der Waals surface area contributed by atoms with Crippen molar-refractivity contribution in [2.75, 3.05) is 5.73 Å². The van der Waals surface area contributed by atoms with E-state index in [2.05, 4.69) is 0 Å². The maximum absolute atomic E-state index is 13.8. The number of para-hydroxylation sites is 1. The fourth-order valence-electron chi connectivity index (χ4n) is 2.22. The minimum absolute atomic E-state index is 0.0933. The standard InChI is InChI=1S/C13H16FN3O/c1-8(2)12-11(15)13(18)17(16(12)3)10-7-5-4-6-9(10)14/h4-8H,15H2,1-3H3. The van der Waals surface area contributed by atoms with E-state index < -0.39 is 5.82 Å². The number of hydrogen-bond donors (Lipinski definition) is 1. The fourth-order valence-corrected chi connectivity index (χ4v) is 2.22. The zero-order valence-electron chi connectivity index (χ0n) is 10.6. The van der Waals surface area contributed by atoms with Gasteiger partial charge in [-0.2, -0.15) is 0 Å². The van der Waals surface area contributed by atoms with Crippen molar-refractivity contribution in [1.29, 1.82) is 0 Å². The van der Waals surface area contributed by atoms with Crippen LogP contribution in [0.5, 0.6) is 0 Å². The van der Waals surface area contributed by atoms with Crippen LogP contribution in [0.15, 0.2) is 29.1 Å². The number of nitrogen functional groups attached to an aromatic ring is 1. The Hall–Kier alpha value is -2.04. The fraction of sp³-hybridized carbons (Fsp3) is 0.308. The lowest BCUT2D eigenvalue weighted by Crippen LogP contribution is -2.21. The number of halogens is 1. The van der Waals surface area contributed by atoms with Gasteiger partial charge < -0.3 is 5.73 Å². The molecule has 0 atom stereocenters. The molecule has 0 saturated carbocycles. The van der Waals surface area contributed by atoms with Gasteiger partial charge in [-0.25, -0.2) is 9.07 Å². The Morgan fingerprint density at radius 3 is 2.39 bits per heavy atom. The van der Waals surface area contributed by atoms with Crippen LogP contribution in [0.1, 0.15) is 25.5 Å². The summed E-state index contributed by atoms with van der Waals surface area (Å²) >= 11 is 0. The molecule has 0 aliphatic heterocycles. The number of nitrogens with zero attached hydrogens (tertiary/aromatic N) is 2. The summed E-state index contributed by atoms with van der Waals surface area (Å²) in [5.74, 6) is -0.355. The Morgan fingerprint density at radius 2 is 1.89 bits per heavy atom. The average Bonchev–Trinajstić information content (AvgIpc) is 2.52. The highest BCUT2D eigenvalue weighted by Crippen LogP contribution is 2.21. The summed E-state index contributed by atoms with van der Waals surface area (Å²) in [7, 11) is 1.71. The van der Waals surface area contributed by atoms with E-state index in [9.17, 15) is 9.18 Å². The molecule has 0 radical (unpaired) electrons. The van der Waals surface area contributed by atoms with Crippen molar-refractivity contribution in [3.8, 4) is 5.69 Å². The Morgan fingerprint density at radius 1 is 1.28 bits per heavy atom. The molecule has 0 saturated heterocycles. The van der Waals surface area contributed by atoms with Crippen LogP contribution in [0.3, 0.4) is 0 Å². The Bertz CT molecular complexity index is 640. The first-order valence-corrected chi connectivity index (χ1v) is 5.77. The molecule has 0 fully saturated rings. The van der Waals surface area contributed by atoms with E-state index in [4.69, 9.17) is 5.73 Å². The van der Waals surface area contributed by atoms with Gasteiger partial charge in [-0.3, -0.25) is 9.48 Å². The zero-order valence-corrected chi connectivity index (χ0v) is 10.6. The number of aromatic nitrogens is 2. The van der Waals surface area contributed by atoms with Crippen molar-refractivity contribution in [1.82, 2.24) is 9.36 Å². The Balaban J connectivity index is 2.78. The van der Waals surface area contributed by atoms with Gasteiger partial charge in [-0.15, -0.1) is 0 Å². The number of nitrogens with two attached hydrogens (primary N) is 1. The van der Waals surface area contributed by atoms with E-state index in [1.807, 2.05) is 13.8 Å². The van der Waals surface area contributed by atoms with Crippen molar-refractivity contribution in [2.24, 2.45) is 7.05 Å². The van der Waals surface area contributed by atoms with Crippen molar-refractivity contribution >= 4 is 5.69 Å². The highest BCUT2D eigenvalue weighted by Gasteiger charge is 2.20. The second kappa shape index (κ2) is 4.33. The van der Waals surface area contributed by atoms with Gasteiger partial charge in [0.1, 0.15) is 17.2 Å². The molecule has 18 heavy (non-hydrogen) atoms. The molecule has 2 N–H and O–H groups in total. The summed E-state index contributed by atoms with van der Waals surface area (Å²) in [6.45, 7) is 3.88. The highest BCUT2D eigenvalue weighted by atomic mass is 19.1. The maximum Gasteiger partial charge on any atom is 0.294 e. The molecule has 4 nitrogen and oxygen atoms in total. The number of anilines is 1. The van der Waals surface area contributed by atoms with E-state index in [1.165, 1.54) is 10.7 Å². The van der Waals surface area contributed by atoms with Crippen molar-refractivity contribution < 1.29 is 4.39 Å². The van der Waals surface area contributed by atoms with Crippen molar-refractivity contribution in [2.45, 2.75) is 19.8 Å². The quantitative estimate of drug-likeness (QED) is 0.885. The van der Waals surface area contributed by atoms with Crippen LogP contribution in [0, 0.1) is 5.82 Å². The predicted octanol–water partition coefficient (Wildman–Crippen LogP) is 2.02. The first-order valence-electron chi connectivity index (χ1n) is 5.77. The molecule has 2 rings (SSSR count). The second-order valence-electron chi connectivity index (χ2n) is 4.55. The van der Waals surface area contributed by atoms with E-state index in [1.54, 1.807) is 29.9 Å². The third-order valence-corrected chi connectivity index (χ3v) is 2.97. The van der Waals surface area contributed by atoms with Gasteiger partial charge in [0.05, 0.1) is 5.69 Å². The lowest BCUT2D eigenvalue weighted by Gasteiger charge is -2.12. The summed E-state index contributed by atoms with van der Waals surface area (Å²) in [5.41, 5.74) is 6.53. The van der Waals surface area contributed by atoms with E-state index in [0.29, 0.717) is 5.69 Å². The van der Waals surface area contributed by atoms with Gasteiger partial charge in [0, 0.05) is 7.05 Å². The summed E-state index contributed by atoms with van der Waals surface area (Å²) in [6.07, 6.45) is 0. The molecule has 0 aliphatic carbocycles. The lowest BCUT2D eigenvalue weighted by atomic mass is 10.1. The molecule has 0 amide bonds. The number of rotatable bonds is 2. The minimum atomic E-state index is -0.449.